The molecule has 0 radical (unpaired) electrons. The van der Waals surface area contributed by atoms with Gasteiger partial charge in [0, 0.05) is 23.5 Å². The molecule has 1 heterocycles. The van der Waals surface area contributed by atoms with E-state index in [2.05, 4.69) is 15.3 Å². The molecule has 2 rings (SSSR count). The van der Waals surface area contributed by atoms with Gasteiger partial charge in [0.15, 0.2) is 5.16 Å². The predicted molar refractivity (Wildman–Crippen MR) is 80.6 cm³/mol. The van der Waals surface area contributed by atoms with Gasteiger partial charge in [-0.1, -0.05) is 11.8 Å². The molecular weight excluding hydrogens is 272 g/mol. The molecule has 5 nitrogen and oxygen atoms in total. The van der Waals surface area contributed by atoms with Crippen LogP contribution >= 0.6 is 11.8 Å². The number of carbonyl (C=O) groups is 1. The molecule has 1 aliphatic carbocycles. The van der Waals surface area contributed by atoms with Crippen molar-refractivity contribution < 1.29 is 4.79 Å². The fraction of sp³-hybridized carbons (Fsp3) is 0.643. The van der Waals surface area contributed by atoms with Crippen molar-refractivity contribution in [3.8, 4) is 0 Å². The van der Waals surface area contributed by atoms with Gasteiger partial charge in [0.1, 0.15) is 0 Å². The van der Waals surface area contributed by atoms with Gasteiger partial charge in [0.25, 0.3) is 0 Å². The Hall–Kier alpha value is -1.14. The maximum absolute atomic E-state index is 11.9. The van der Waals surface area contributed by atoms with E-state index in [4.69, 9.17) is 5.73 Å². The Bertz CT molecular complexity index is 452. The van der Waals surface area contributed by atoms with Crippen LogP contribution in [0, 0.1) is 13.8 Å². The summed E-state index contributed by atoms with van der Waals surface area (Å²) in [5, 5.41) is 3.74. The number of rotatable bonds is 4. The number of aromatic nitrogens is 2. The second-order valence-electron chi connectivity index (χ2n) is 5.40. The maximum Gasteiger partial charge on any atom is 0.230 e. The summed E-state index contributed by atoms with van der Waals surface area (Å²) in [6, 6.07) is 2.51. The number of amides is 1. The molecular formula is C14H22N4OS. The van der Waals surface area contributed by atoms with Crippen molar-refractivity contribution in [2.45, 2.75) is 56.8 Å². The molecule has 1 fully saturated rings. The largest absolute Gasteiger partial charge is 0.353 e. The van der Waals surface area contributed by atoms with E-state index in [-0.39, 0.29) is 11.9 Å². The van der Waals surface area contributed by atoms with Crippen LogP contribution in [-0.4, -0.2) is 33.7 Å². The lowest BCUT2D eigenvalue weighted by Crippen LogP contribution is -2.41. The molecule has 1 aromatic heterocycles. The quantitative estimate of drug-likeness (QED) is 0.651. The molecule has 0 saturated heterocycles. The van der Waals surface area contributed by atoms with Gasteiger partial charge in [-0.25, -0.2) is 9.97 Å². The first-order valence-corrected chi connectivity index (χ1v) is 8.01. The highest BCUT2D eigenvalue weighted by molar-refractivity contribution is 7.99. The fourth-order valence-corrected chi connectivity index (χ4v) is 3.18. The van der Waals surface area contributed by atoms with Gasteiger partial charge >= 0.3 is 0 Å². The van der Waals surface area contributed by atoms with Crippen LogP contribution < -0.4 is 11.1 Å². The molecule has 0 aromatic carbocycles. The number of hydrogen-bond acceptors (Lipinski definition) is 5. The fourth-order valence-electron chi connectivity index (χ4n) is 2.42. The number of nitrogens with two attached hydrogens (primary N) is 1. The summed E-state index contributed by atoms with van der Waals surface area (Å²) in [6.07, 6.45) is 3.96. The average Bonchev–Trinajstić information content (AvgIpc) is 2.38. The Morgan fingerprint density at radius 1 is 1.30 bits per heavy atom. The monoisotopic (exact) mass is 294 g/mol. The number of aryl methyl sites for hydroxylation is 2. The van der Waals surface area contributed by atoms with Crippen molar-refractivity contribution in [3.63, 3.8) is 0 Å². The van der Waals surface area contributed by atoms with E-state index in [1.54, 1.807) is 0 Å². The van der Waals surface area contributed by atoms with Crippen molar-refractivity contribution in [2.75, 3.05) is 5.75 Å². The van der Waals surface area contributed by atoms with Crippen LogP contribution in [0.5, 0.6) is 0 Å². The molecule has 110 valence electrons. The normalized spacial score (nSPS) is 22.6. The van der Waals surface area contributed by atoms with Crippen LogP contribution in [-0.2, 0) is 4.79 Å². The molecule has 0 unspecified atom stereocenters. The maximum atomic E-state index is 11.9. The highest BCUT2D eigenvalue weighted by atomic mass is 32.2. The smallest absolute Gasteiger partial charge is 0.230 e. The Kier molecular flexibility index (Phi) is 5.37. The standard InChI is InChI=1S/C14H22N4OS/c1-9-7-10(2)17-14(16-9)20-8-13(19)18-12-5-3-11(15)4-6-12/h7,11-12H,3-6,8,15H2,1-2H3,(H,18,19). The minimum absolute atomic E-state index is 0.0539. The van der Waals surface area contributed by atoms with Gasteiger partial charge < -0.3 is 11.1 Å². The number of nitrogens with one attached hydrogen (secondary N) is 1. The summed E-state index contributed by atoms with van der Waals surface area (Å²) in [5.41, 5.74) is 7.72. The van der Waals surface area contributed by atoms with E-state index in [0.717, 1.165) is 37.1 Å². The van der Waals surface area contributed by atoms with Crippen LogP contribution in [0.25, 0.3) is 0 Å². The van der Waals surface area contributed by atoms with E-state index in [1.165, 1.54) is 11.8 Å². The molecule has 0 atom stereocenters. The Labute approximate surface area is 124 Å². The zero-order chi connectivity index (χ0) is 14.5. The topological polar surface area (TPSA) is 80.9 Å². The van der Waals surface area contributed by atoms with E-state index in [1.807, 2.05) is 19.9 Å². The zero-order valence-corrected chi connectivity index (χ0v) is 12.9. The van der Waals surface area contributed by atoms with Crippen molar-refractivity contribution in [2.24, 2.45) is 5.73 Å². The predicted octanol–water partition coefficient (Wildman–Crippen LogP) is 1.57. The molecule has 1 amide bonds. The molecule has 0 aliphatic heterocycles. The lowest BCUT2D eigenvalue weighted by Gasteiger charge is -2.26. The van der Waals surface area contributed by atoms with Gasteiger partial charge in [-0.15, -0.1) is 0 Å². The van der Waals surface area contributed by atoms with Crippen molar-refractivity contribution >= 4 is 17.7 Å². The first kappa shape index (κ1) is 15.3. The van der Waals surface area contributed by atoms with Crippen molar-refractivity contribution in [3.05, 3.63) is 17.5 Å². The first-order valence-electron chi connectivity index (χ1n) is 7.03. The highest BCUT2D eigenvalue weighted by Crippen LogP contribution is 2.18. The minimum Gasteiger partial charge on any atom is -0.353 e. The molecule has 0 bridgehead atoms. The van der Waals surface area contributed by atoms with Crippen LogP contribution in [0.3, 0.4) is 0 Å². The summed E-state index contributed by atoms with van der Waals surface area (Å²) in [5.74, 6) is 0.420. The summed E-state index contributed by atoms with van der Waals surface area (Å²) in [7, 11) is 0. The Morgan fingerprint density at radius 3 is 2.50 bits per heavy atom. The lowest BCUT2D eigenvalue weighted by atomic mass is 9.92. The SMILES string of the molecule is Cc1cc(C)nc(SCC(=O)NC2CCC(N)CC2)n1. The second-order valence-corrected chi connectivity index (χ2v) is 6.34. The summed E-state index contributed by atoms with van der Waals surface area (Å²) in [4.78, 5) is 20.6. The highest BCUT2D eigenvalue weighted by Gasteiger charge is 2.20. The van der Waals surface area contributed by atoms with Gasteiger partial charge in [-0.3, -0.25) is 4.79 Å². The second kappa shape index (κ2) is 7.04. The number of carbonyl (C=O) groups excluding carboxylic acids is 1. The molecule has 1 aliphatic rings. The number of thioether (sulfide) groups is 1. The molecule has 1 saturated carbocycles. The zero-order valence-electron chi connectivity index (χ0n) is 12.1. The lowest BCUT2D eigenvalue weighted by molar-refractivity contribution is -0.119. The van der Waals surface area contributed by atoms with Crippen molar-refractivity contribution in [1.29, 1.82) is 0 Å². The van der Waals surface area contributed by atoms with Gasteiger partial charge in [0.05, 0.1) is 5.75 Å². The molecule has 20 heavy (non-hydrogen) atoms. The van der Waals surface area contributed by atoms with Crippen LogP contribution in [0.4, 0.5) is 0 Å². The van der Waals surface area contributed by atoms with E-state index in [0.29, 0.717) is 17.0 Å². The summed E-state index contributed by atoms with van der Waals surface area (Å²) < 4.78 is 0. The molecule has 3 N–H and O–H groups in total. The van der Waals surface area contributed by atoms with Gasteiger partial charge in [0.2, 0.25) is 5.91 Å². The third kappa shape index (κ3) is 4.76. The minimum atomic E-state index is 0.0539. The number of hydrogen-bond donors (Lipinski definition) is 2. The third-order valence-electron chi connectivity index (χ3n) is 3.43. The van der Waals surface area contributed by atoms with Crippen LogP contribution in [0.2, 0.25) is 0 Å². The first-order chi connectivity index (χ1) is 9.52. The van der Waals surface area contributed by atoms with Crippen LogP contribution in [0.1, 0.15) is 37.1 Å². The Balaban J connectivity index is 1.77. The molecule has 6 heteroatoms. The summed E-state index contributed by atoms with van der Waals surface area (Å²) in [6.45, 7) is 3.87. The molecule has 1 aromatic rings. The third-order valence-corrected chi connectivity index (χ3v) is 4.28. The van der Waals surface area contributed by atoms with Gasteiger partial charge in [-0.2, -0.15) is 0 Å². The van der Waals surface area contributed by atoms with Crippen molar-refractivity contribution in [1.82, 2.24) is 15.3 Å². The summed E-state index contributed by atoms with van der Waals surface area (Å²) >= 11 is 1.39. The molecule has 0 spiro atoms. The Morgan fingerprint density at radius 2 is 1.90 bits per heavy atom. The van der Waals surface area contributed by atoms with E-state index in [9.17, 15) is 4.79 Å². The van der Waals surface area contributed by atoms with E-state index >= 15 is 0 Å². The number of nitrogens with zero attached hydrogens (tertiary/aromatic N) is 2. The van der Waals surface area contributed by atoms with Gasteiger partial charge in [-0.05, 0) is 45.6 Å². The van der Waals surface area contributed by atoms with Crippen LogP contribution in [0.15, 0.2) is 11.2 Å². The average molecular weight is 294 g/mol. The van der Waals surface area contributed by atoms with E-state index < -0.39 is 0 Å².